The quantitative estimate of drug-likeness (QED) is 0.759. The number of aryl methyl sites for hydroxylation is 2. The van der Waals surface area contributed by atoms with Crippen LogP contribution < -0.4 is 10.6 Å². The van der Waals surface area contributed by atoms with E-state index < -0.39 is 17.6 Å². The lowest BCUT2D eigenvalue weighted by Crippen LogP contribution is -2.39. The predicted molar refractivity (Wildman–Crippen MR) is 108 cm³/mol. The van der Waals surface area contributed by atoms with Gasteiger partial charge in [-0.3, -0.25) is 9.69 Å². The highest BCUT2D eigenvalue weighted by Crippen LogP contribution is 2.48. The number of ketones is 1. The minimum Gasteiger partial charge on any atom is -0.384 e. The summed E-state index contributed by atoms with van der Waals surface area (Å²) in [6, 6.07) is 7.63. The molecule has 0 unspecified atom stereocenters. The Morgan fingerprint density at radius 1 is 1.24 bits per heavy atom. The van der Waals surface area contributed by atoms with Gasteiger partial charge < -0.3 is 5.73 Å². The molecule has 0 saturated heterocycles. The van der Waals surface area contributed by atoms with Crippen LogP contribution in [0.3, 0.4) is 0 Å². The first-order valence-corrected chi connectivity index (χ1v) is 10.1. The number of nitrogens with zero attached hydrogens (tertiary/aromatic N) is 2. The molecule has 4 nitrogen and oxygen atoms in total. The van der Waals surface area contributed by atoms with Crippen LogP contribution in [0.2, 0.25) is 0 Å². The third-order valence-corrected chi connectivity index (χ3v) is 6.45. The zero-order chi connectivity index (χ0) is 20.9. The normalized spacial score (nSPS) is 19.5. The number of allylic oxidation sites excluding steroid dienone is 3. The number of nitrogens with two attached hydrogens (primary N) is 1. The molecule has 2 N–H and O–H groups in total. The number of hydrogen-bond donors (Lipinski definition) is 1. The summed E-state index contributed by atoms with van der Waals surface area (Å²) in [5.74, 6) is -2.34. The molecule has 1 aromatic heterocycles. The number of thiophene rings is 1. The Labute approximate surface area is 171 Å². The Bertz CT molecular complexity index is 1120. The first-order chi connectivity index (χ1) is 13.8. The number of halogens is 2. The predicted octanol–water partition coefficient (Wildman–Crippen LogP) is 4.95. The maximum absolute atomic E-state index is 14.6. The van der Waals surface area contributed by atoms with Gasteiger partial charge in [-0.15, -0.1) is 11.3 Å². The highest BCUT2D eigenvalue weighted by molar-refractivity contribution is 7.12. The number of Topliss-reactive ketones (excluding diaryl/α,β-unsaturated/α-hetero) is 1. The van der Waals surface area contributed by atoms with E-state index >= 15 is 0 Å². The zero-order valence-electron chi connectivity index (χ0n) is 16.1. The summed E-state index contributed by atoms with van der Waals surface area (Å²) in [4.78, 5) is 16.3. The molecule has 148 valence electrons. The lowest BCUT2D eigenvalue weighted by Gasteiger charge is -2.39. The van der Waals surface area contributed by atoms with E-state index in [2.05, 4.69) is 6.07 Å². The van der Waals surface area contributed by atoms with Gasteiger partial charge in [-0.05, 0) is 50.5 Å². The molecule has 0 amide bonds. The maximum Gasteiger partial charge on any atom is 0.161 e. The molecule has 1 atom stereocenters. The Balaban J connectivity index is 2.04. The van der Waals surface area contributed by atoms with E-state index in [1.165, 1.54) is 11.0 Å². The summed E-state index contributed by atoms with van der Waals surface area (Å²) in [5.41, 5.74) is 7.89. The van der Waals surface area contributed by atoms with Crippen molar-refractivity contribution in [2.75, 3.05) is 4.90 Å². The summed E-state index contributed by atoms with van der Waals surface area (Å²) < 4.78 is 29.3. The van der Waals surface area contributed by atoms with E-state index in [0.717, 1.165) is 27.5 Å². The molecule has 1 aromatic carbocycles. The van der Waals surface area contributed by atoms with Crippen LogP contribution in [0, 0.1) is 36.8 Å². The van der Waals surface area contributed by atoms with Crippen molar-refractivity contribution in [3.63, 3.8) is 0 Å². The topological polar surface area (TPSA) is 70.1 Å². The van der Waals surface area contributed by atoms with Gasteiger partial charge >= 0.3 is 0 Å². The second kappa shape index (κ2) is 7.12. The summed E-state index contributed by atoms with van der Waals surface area (Å²) in [7, 11) is 0. The lowest BCUT2D eigenvalue weighted by molar-refractivity contribution is -0.116. The summed E-state index contributed by atoms with van der Waals surface area (Å²) in [6.07, 6.45) is 1.35. The minimum atomic E-state index is -0.795. The second-order valence-electron chi connectivity index (χ2n) is 7.26. The lowest BCUT2D eigenvalue weighted by atomic mass is 9.75. The molecule has 0 spiro atoms. The summed E-state index contributed by atoms with van der Waals surface area (Å²) >= 11 is 1.58. The van der Waals surface area contributed by atoms with E-state index in [-0.39, 0.29) is 22.9 Å². The van der Waals surface area contributed by atoms with Crippen molar-refractivity contribution in [1.29, 1.82) is 5.26 Å². The molecular formula is C22H19F2N3OS. The average Bonchev–Trinajstić information content (AvgIpc) is 3.00. The van der Waals surface area contributed by atoms with Gasteiger partial charge in [0.2, 0.25) is 0 Å². The third kappa shape index (κ3) is 2.95. The number of nitriles is 1. The van der Waals surface area contributed by atoms with Gasteiger partial charge in [-0.25, -0.2) is 8.78 Å². The standard InChI is InChI=1S/C22H19F2N3OS/c1-11-9-13(12(2)29-11)19-14(10-25)22(26)27(17-7-4-8-18(28)20(17)19)21-15(23)5-3-6-16(21)24/h3,5-6,9,19H,4,7-8,26H2,1-2H3/t19-/m1/s1. The average molecular weight is 411 g/mol. The number of para-hydroxylation sites is 1. The Hall–Kier alpha value is -2.98. The molecule has 7 heteroatoms. The Morgan fingerprint density at radius 2 is 1.93 bits per heavy atom. The fourth-order valence-corrected chi connectivity index (χ4v) is 5.26. The van der Waals surface area contributed by atoms with Crippen molar-refractivity contribution >= 4 is 22.8 Å². The molecule has 0 fully saturated rings. The molecule has 29 heavy (non-hydrogen) atoms. The van der Waals surface area contributed by atoms with Gasteiger partial charge in [0.1, 0.15) is 23.1 Å². The van der Waals surface area contributed by atoms with Crippen molar-refractivity contribution in [2.24, 2.45) is 5.73 Å². The number of hydrogen-bond acceptors (Lipinski definition) is 5. The van der Waals surface area contributed by atoms with Gasteiger partial charge in [-0.2, -0.15) is 5.26 Å². The smallest absolute Gasteiger partial charge is 0.161 e. The van der Waals surface area contributed by atoms with Crippen LogP contribution in [-0.4, -0.2) is 5.78 Å². The Morgan fingerprint density at radius 3 is 2.52 bits per heavy atom. The maximum atomic E-state index is 14.6. The molecule has 1 aliphatic carbocycles. The van der Waals surface area contributed by atoms with E-state index in [1.807, 2.05) is 19.9 Å². The number of benzene rings is 1. The monoisotopic (exact) mass is 411 g/mol. The molecule has 1 aliphatic heterocycles. The van der Waals surface area contributed by atoms with Crippen molar-refractivity contribution in [3.8, 4) is 6.07 Å². The fourth-order valence-electron chi connectivity index (χ4n) is 4.29. The van der Waals surface area contributed by atoms with Gasteiger partial charge in [0.15, 0.2) is 5.78 Å². The second-order valence-corrected chi connectivity index (χ2v) is 8.72. The van der Waals surface area contributed by atoms with Gasteiger partial charge in [0, 0.05) is 27.4 Å². The van der Waals surface area contributed by atoms with Crippen LogP contribution >= 0.6 is 11.3 Å². The van der Waals surface area contributed by atoms with Crippen LogP contribution in [0.15, 0.2) is 46.9 Å². The number of carbonyl (C=O) groups is 1. The first-order valence-electron chi connectivity index (χ1n) is 9.32. The van der Waals surface area contributed by atoms with Crippen LogP contribution in [0.25, 0.3) is 0 Å². The minimum absolute atomic E-state index is 0.0294. The molecule has 2 aliphatic rings. The largest absolute Gasteiger partial charge is 0.384 e. The van der Waals surface area contributed by atoms with Crippen LogP contribution in [-0.2, 0) is 4.79 Å². The summed E-state index contributed by atoms with van der Waals surface area (Å²) in [6.45, 7) is 3.90. The number of rotatable bonds is 2. The van der Waals surface area contributed by atoms with Crippen LogP contribution in [0.1, 0.15) is 40.5 Å². The first kappa shape index (κ1) is 19.3. The molecule has 2 aromatic rings. The highest BCUT2D eigenvalue weighted by Gasteiger charge is 2.42. The van der Waals surface area contributed by atoms with Crippen LogP contribution in [0.4, 0.5) is 14.5 Å². The molecule has 0 radical (unpaired) electrons. The van der Waals surface area contributed by atoms with Crippen LogP contribution in [0.5, 0.6) is 0 Å². The third-order valence-electron chi connectivity index (χ3n) is 5.46. The summed E-state index contributed by atoms with van der Waals surface area (Å²) in [5, 5.41) is 9.94. The SMILES string of the molecule is Cc1cc([C@@H]2C(C#N)=C(N)N(c3c(F)cccc3F)C3=C2C(=O)CCC3)c(C)s1. The highest BCUT2D eigenvalue weighted by atomic mass is 32.1. The van der Waals surface area contributed by atoms with Gasteiger partial charge in [-0.1, -0.05) is 6.07 Å². The van der Waals surface area contributed by atoms with E-state index in [9.17, 15) is 18.8 Å². The fraction of sp³-hybridized carbons (Fsp3) is 0.273. The number of anilines is 1. The van der Waals surface area contributed by atoms with Crippen molar-refractivity contribution in [2.45, 2.75) is 39.0 Å². The molecule has 0 bridgehead atoms. The molecule has 2 heterocycles. The Kier molecular flexibility index (Phi) is 4.75. The zero-order valence-corrected chi connectivity index (χ0v) is 16.9. The van der Waals surface area contributed by atoms with Gasteiger partial charge in [0.25, 0.3) is 0 Å². The van der Waals surface area contributed by atoms with E-state index in [1.54, 1.807) is 11.3 Å². The molecule has 0 saturated carbocycles. The van der Waals surface area contributed by atoms with Crippen molar-refractivity contribution in [3.05, 3.63) is 73.9 Å². The number of carbonyl (C=O) groups excluding carboxylic acids is 1. The van der Waals surface area contributed by atoms with E-state index in [0.29, 0.717) is 30.5 Å². The molecular weight excluding hydrogens is 392 g/mol. The van der Waals surface area contributed by atoms with E-state index in [4.69, 9.17) is 5.73 Å². The van der Waals surface area contributed by atoms with Gasteiger partial charge in [0.05, 0.1) is 17.6 Å². The molecule has 4 rings (SSSR count). The van der Waals surface area contributed by atoms with Crippen molar-refractivity contribution < 1.29 is 13.6 Å². The van der Waals surface area contributed by atoms with Crippen molar-refractivity contribution in [1.82, 2.24) is 0 Å².